The van der Waals surface area contributed by atoms with Gasteiger partial charge in [0.1, 0.15) is 11.9 Å². The Balaban J connectivity index is 0.00000256. The molecule has 0 fully saturated rings. The van der Waals surface area contributed by atoms with Crippen molar-refractivity contribution in [3.63, 3.8) is 0 Å². The highest BCUT2D eigenvalue weighted by Gasteiger charge is 2.28. The van der Waals surface area contributed by atoms with Gasteiger partial charge in [0.2, 0.25) is 5.78 Å². The van der Waals surface area contributed by atoms with E-state index in [4.69, 9.17) is 4.74 Å². The van der Waals surface area contributed by atoms with Crippen molar-refractivity contribution in [3.8, 4) is 17.0 Å². The normalized spacial score (nSPS) is 12.6. The fraction of sp³-hybridized carbons (Fsp3) is 0.273. The Hall–Kier alpha value is -3.00. The van der Waals surface area contributed by atoms with Crippen molar-refractivity contribution in [2.75, 3.05) is 7.11 Å². The number of carbonyl (C=O) groups excluding carboxylic acids is 1. The molecule has 0 spiro atoms. The second-order valence-electron chi connectivity index (χ2n) is 7.13. The lowest BCUT2D eigenvalue weighted by molar-refractivity contribution is -0.690. The third-order valence-electron chi connectivity index (χ3n) is 5.32. The van der Waals surface area contributed by atoms with Crippen LogP contribution in [0.15, 0.2) is 54.7 Å². The van der Waals surface area contributed by atoms with Crippen LogP contribution >= 0.6 is 0 Å². The maximum absolute atomic E-state index is 12.8. The Morgan fingerprint density at radius 1 is 1.20 bits per heavy atom. The fourth-order valence-electron chi connectivity index (χ4n) is 3.83. The molecule has 2 aromatic carbocycles. The molecule has 30 heavy (non-hydrogen) atoms. The van der Waals surface area contributed by atoms with Crippen LogP contribution in [0.3, 0.4) is 0 Å². The Morgan fingerprint density at radius 2 is 1.97 bits per heavy atom. The first-order valence-corrected chi connectivity index (χ1v) is 9.61. The summed E-state index contributed by atoms with van der Waals surface area (Å²) in [4.78, 5) is 23.4. The average molecular weight is 472 g/mol. The molecular formula is C22H22BrN3O4. The van der Waals surface area contributed by atoms with Crippen molar-refractivity contribution in [1.29, 1.82) is 0 Å². The minimum atomic E-state index is -0.480. The summed E-state index contributed by atoms with van der Waals surface area (Å²) in [6, 6.07) is 13.8. The molecule has 1 aliphatic heterocycles. The number of Topliss-reactive ketones (excluding diaryl/α,β-unsaturated/α-hetero) is 1. The molecule has 0 saturated heterocycles. The van der Waals surface area contributed by atoms with E-state index in [0.717, 1.165) is 48.6 Å². The van der Waals surface area contributed by atoms with Crippen molar-refractivity contribution in [3.05, 3.63) is 76.2 Å². The van der Waals surface area contributed by atoms with Gasteiger partial charge >= 0.3 is 0 Å². The third-order valence-corrected chi connectivity index (χ3v) is 5.32. The maximum atomic E-state index is 12.8. The van der Waals surface area contributed by atoms with Gasteiger partial charge in [0.05, 0.1) is 18.6 Å². The molecular weight excluding hydrogens is 450 g/mol. The SMILES string of the molecule is COc1ccc(-c2c[n+](CC(=O)c3cccc([N+](=O)[O-])c3)c3n2CCCC3)cc1.[Br-]. The van der Waals surface area contributed by atoms with Gasteiger partial charge in [-0.1, -0.05) is 12.1 Å². The van der Waals surface area contributed by atoms with Crippen molar-refractivity contribution >= 4 is 11.5 Å². The maximum Gasteiger partial charge on any atom is 0.270 e. The van der Waals surface area contributed by atoms with Gasteiger partial charge in [0, 0.05) is 29.7 Å². The number of hydrogen-bond donors (Lipinski definition) is 0. The van der Waals surface area contributed by atoms with E-state index in [-0.39, 0.29) is 35.0 Å². The molecule has 0 amide bonds. The predicted octanol–water partition coefficient (Wildman–Crippen LogP) is 0.583. The molecule has 4 rings (SSSR count). The quantitative estimate of drug-likeness (QED) is 0.228. The summed E-state index contributed by atoms with van der Waals surface area (Å²) in [5, 5.41) is 11.0. The van der Waals surface area contributed by atoms with Crippen LogP contribution in [0.5, 0.6) is 5.75 Å². The summed E-state index contributed by atoms with van der Waals surface area (Å²) in [5.74, 6) is 1.77. The Bertz CT molecular complexity index is 1080. The van der Waals surface area contributed by atoms with Crippen molar-refractivity contribution in [1.82, 2.24) is 4.57 Å². The lowest BCUT2D eigenvalue weighted by Crippen LogP contribution is -3.00. The number of hydrogen-bond acceptors (Lipinski definition) is 4. The molecule has 8 heteroatoms. The lowest BCUT2D eigenvalue weighted by atomic mass is 10.1. The molecule has 3 aromatic rings. The summed E-state index contributed by atoms with van der Waals surface area (Å²) in [6.07, 6.45) is 5.09. The Morgan fingerprint density at radius 3 is 2.67 bits per heavy atom. The zero-order chi connectivity index (χ0) is 20.4. The van der Waals surface area contributed by atoms with Gasteiger partial charge in [-0.05, 0) is 37.1 Å². The van der Waals surface area contributed by atoms with Gasteiger partial charge in [-0.2, -0.15) is 0 Å². The van der Waals surface area contributed by atoms with E-state index in [1.54, 1.807) is 19.2 Å². The van der Waals surface area contributed by atoms with Gasteiger partial charge in [0.15, 0.2) is 12.2 Å². The van der Waals surface area contributed by atoms with Gasteiger partial charge < -0.3 is 21.7 Å². The molecule has 0 atom stereocenters. The molecule has 0 unspecified atom stereocenters. The monoisotopic (exact) mass is 471 g/mol. The average Bonchev–Trinajstić information content (AvgIpc) is 3.12. The lowest BCUT2D eigenvalue weighted by Gasteiger charge is -2.11. The molecule has 2 heterocycles. The number of fused-ring (bicyclic) bond motifs is 1. The molecule has 7 nitrogen and oxygen atoms in total. The van der Waals surface area contributed by atoms with Gasteiger partial charge in [-0.25, -0.2) is 9.13 Å². The Labute approximate surface area is 184 Å². The first-order chi connectivity index (χ1) is 14.1. The van der Waals surface area contributed by atoms with Crippen LogP contribution in [0.2, 0.25) is 0 Å². The van der Waals surface area contributed by atoms with E-state index in [1.165, 1.54) is 12.1 Å². The molecule has 0 saturated carbocycles. The summed E-state index contributed by atoms with van der Waals surface area (Å²) in [5.41, 5.74) is 2.41. The molecule has 0 radical (unpaired) electrons. The van der Waals surface area contributed by atoms with E-state index in [2.05, 4.69) is 4.57 Å². The number of aromatic nitrogens is 2. The van der Waals surface area contributed by atoms with E-state index < -0.39 is 4.92 Å². The molecule has 0 bridgehead atoms. The Kier molecular flexibility index (Phi) is 6.66. The minimum absolute atomic E-state index is 0. The third kappa shape index (κ3) is 4.28. The zero-order valence-corrected chi connectivity index (χ0v) is 18.2. The van der Waals surface area contributed by atoms with Crippen LogP contribution in [0.25, 0.3) is 11.3 Å². The van der Waals surface area contributed by atoms with E-state index in [9.17, 15) is 14.9 Å². The number of halogens is 1. The molecule has 0 aliphatic carbocycles. The van der Waals surface area contributed by atoms with Crippen LogP contribution in [0.4, 0.5) is 5.69 Å². The number of ether oxygens (including phenoxy) is 1. The summed E-state index contributed by atoms with van der Waals surface area (Å²) >= 11 is 0. The predicted molar refractivity (Wildman–Crippen MR) is 107 cm³/mol. The molecule has 1 aromatic heterocycles. The summed E-state index contributed by atoms with van der Waals surface area (Å²) < 4.78 is 9.50. The minimum Gasteiger partial charge on any atom is -1.00 e. The number of ketones is 1. The van der Waals surface area contributed by atoms with Crippen LogP contribution < -0.4 is 26.3 Å². The number of non-ortho nitro benzene ring substituents is 1. The van der Waals surface area contributed by atoms with E-state index in [1.807, 2.05) is 35.0 Å². The van der Waals surface area contributed by atoms with Crippen LogP contribution in [-0.4, -0.2) is 22.4 Å². The smallest absolute Gasteiger partial charge is 0.270 e. The number of nitro benzene ring substituents is 1. The second-order valence-corrected chi connectivity index (χ2v) is 7.13. The first kappa shape index (κ1) is 21.7. The first-order valence-electron chi connectivity index (χ1n) is 9.61. The number of nitrogens with zero attached hydrogens (tertiary/aromatic N) is 3. The number of imidazole rings is 1. The largest absolute Gasteiger partial charge is 1.00 e. The zero-order valence-electron chi connectivity index (χ0n) is 16.6. The molecule has 1 aliphatic rings. The van der Waals surface area contributed by atoms with Gasteiger partial charge in [-0.15, -0.1) is 0 Å². The highest BCUT2D eigenvalue weighted by molar-refractivity contribution is 5.95. The number of nitro groups is 1. The standard InChI is InChI=1S/C22H22N3O4.BrH/c1-29-19-10-8-16(9-11-19)20-14-23(22-7-2-3-12-24(20)22)15-21(26)17-5-4-6-18(13-17)25(27)28;/h4-6,8-11,13-14H,2-3,7,12,15H2,1H3;1H/q+1;/p-1. The summed E-state index contributed by atoms with van der Waals surface area (Å²) in [7, 11) is 1.64. The van der Waals surface area contributed by atoms with Crippen molar-refractivity contribution < 1.29 is 36.0 Å². The number of methoxy groups -OCH3 is 1. The van der Waals surface area contributed by atoms with Gasteiger partial charge in [0.25, 0.3) is 11.5 Å². The fourth-order valence-corrected chi connectivity index (χ4v) is 3.83. The number of rotatable bonds is 6. The number of carbonyl (C=O) groups is 1. The van der Waals surface area contributed by atoms with Gasteiger partial charge in [-0.3, -0.25) is 14.9 Å². The van der Waals surface area contributed by atoms with Crippen LogP contribution in [0.1, 0.15) is 29.0 Å². The summed E-state index contributed by atoms with van der Waals surface area (Å²) in [6.45, 7) is 1.07. The molecule has 0 N–H and O–H groups in total. The number of benzene rings is 2. The van der Waals surface area contributed by atoms with Crippen LogP contribution in [0, 0.1) is 10.1 Å². The van der Waals surface area contributed by atoms with E-state index >= 15 is 0 Å². The second kappa shape index (κ2) is 9.21. The van der Waals surface area contributed by atoms with Crippen LogP contribution in [-0.2, 0) is 19.5 Å². The molecule has 156 valence electrons. The highest BCUT2D eigenvalue weighted by atomic mass is 79.9. The highest BCUT2D eigenvalue weighted by Crippen LogP contribution is 2.26. The topological polar surface area (TPSA) is 78.2 Å². The van der Waals surface area contributed by atoms with Crippen molar-refractivity contribution in [2.45, 2.75) is 32.4 Å². The van der Waals surface area contributed by atoms with E-state index in [0.29, 0.717) is 5.56 Å². The van der Waals surface area contributed by atoms with Crippen molar-refractivity contribution in [2.24, 2.45) is 0 Å².